The fraction of sp³-hybridized carbons (Fsp3) is 0.267. The zero-order valence-corrected chi connectivity index (χ0v) is 13.6. The largest absolute Gasteiger partial charge is 0.333 e. The average Bonchev–Trinajstić information content (AvgIpc) is 3.03. The van der Waals surface area contributed by atoms with E-state index in [2.05, 4.69) is 15.9 Å². The summed E-state index contributed by atoms with van der Waals surface area (Å²) in [5, 5.41) is 0. The average molecular weight is 369 g/mol. The minimum Gasteiger partial charge on any atom is -0.333 e. The highest BCUT2D eigenvalue weighted by molar-refractivity contribution is 9.11. The SMILES string of the molecule is N[C@H](Cc1ccc(Br)s1)C(=O)N1Cc2ccc(F)cc2C1. The summed E-state index contributed by atoms with van der Waals surface area (Å²) in [5.41, 5.74) is 7.90. The first-order chi connectivity index (χ1) is 10.0. The molecule has 2 N–H and O–H groups in total. The molecule has 1 aliphatic rings. The van der Waals surface area contributed by atoms with Gasteiger partial charge in [-0.25, -0.2) is 4.39 Å². The molecule has 0 saturated carbocycles. The number of amides is 1. The van der Waals surface area contributed by atoms with Crippen molar-refractivity contribution >= 4 is 33.2 Å². The van der Waals surface area contributed by atoms with Gasteiger partial charge in [0.15, 0.2) is 0 Å². The van der Waals surface area contributed by atoms with Gasteiger partial charge in [0, 0.05) is 24.4 Å². The summed E-state index contributed by atoms with van der Waals surface area (Å²) in [5.74, 6) is -0.355. The highest BCUT2D eigenvalue weighted by Crippen LogP contribution is 2.26. The number of benzene rings is 1. The normalized spacial score (nSPS) is 15.1. The van der Waals surface area contributed by atoms with Crippen LogP contribution in [0, 0.1) is 5.82 Å². The van der Waals surface area contributed by atoms with Gasteiger partial charge in [0.1, 0.15) is 5.82 Å². The van der Waals surface area contributed by atoms with E-state index in [0.29, 0.717) is 19.5 Å². The number of carbonyl (C=O) groups excluding carboxylic acids is 1. The van der Waals surface area contributed by atoms with Crippen molar-refractivity contribution < 1.29 is 9.18 Å². The first kappa shape index (κ1) is 14.7. The molecule has 3 rings (SSSR count). The van der Waals surface area contributed by atoms with E-state index in [1.165, 1.54) is 12.1 Å². The maximum absolute atomic E-state index is 13.2. The number of nitrogens with zero attached hydrogens (tertiary/aromatic N) is 1. The molecule has 0 spiro atoms. The van der Waals surface area contributed by atoms with E-state index < -0.39 is 6.04 Å². The fourth-order valence-electron chi connectivity index (χ4n) is 2.52. The molecule has 0 unspecified atom stereocenters. The summed E-state index contributed by atoms with van der Waals surface area (Å²) < 4.78 is 14.2. The van der Waals surface area contributed by atoms with Gasteiger partial charge in [0.25, 0.3) is 0 Å². The maximum Gasteiger partial charge on any atom is 0.240 e. The summed E-state index contributed by atoms with van der Waals surface area (Å²) in [6.45, 7) is 0.948. The Kier molecular flexibility index (Phi) is 4.10. The van der Waals surface area contributed by atoms with Gasteiger partial charge in [-0.1, -0.05) is 6.07 Å². The molecule has 0 aliphatic carbocycles. The van der Waals surface area contributed by atoms with Crippen LogP contribution < -0.4 is 5.73 Å². The van der Waals surface area contributed by atoms with Gasteiger partial charge in [-0.15, -0.1) is 11.3 Å². The summed E-state index contributed by atoms with van der Waals surface area (Å²) in [6.07, 6.45) is 0.524. The van der Waals surface area contributed by atoms with Gasteiger partial charge >= 0.3 is 0 Å². The molecule has 1 amide bonds. The second-order valence-corrected chi connectivity index (χ2v) is 7.67. The van der Waals surface area contributed by atoms with Crippen LogP contribution in [0.1, 0.15) is 16.0 Å². The molecular formula is C15H14BrFN2OS. The van der Waals surface area contributed by atoms with Crippen LogP contribution in [0.5, 0.6) is 0 Å². The predicted octanol–water partition coefficient (Wildman–Crippen LogP) is 3.06. The summed E-state index contributed by atoms with van der Waals surface area (Å²) in [6, 6.07) is 8.01. The molecule has 1 aromatic heterocycles. The highest BCUT2D eigenvalue weighted by Gasteiger charge is 2.27. The van der Waals surface area contributed by atoms with Gasteiger partial charge in [-0.05, 0) is 51.3 Å². The Hall–Kier alpha value is -1.24. The molecule has 0 radical (unpaired) electrons. The Labute approximate surface area is 134 Å². The van der Waals surface area contributed by atoms with Crippen LogP contribution >= 0.6 is 27.3 Å². The van der Waals surface area contributed by atoms with Crippen LogP contribution in [0.15, 0.2) is 34.1 Å². The molecule has 1 aliphatic heterocycles. The van der Waals surface area contributed by atoms with Crippen LogP contribution in [0.2, 0.25) is 0 Å². The molecule has 1 atom stereocenters. The van der Waals surface area contributed by atoms with Crippen LogP contribution in [0.25, 0.3) is 0 Å². The minimum absolute atomic E-state index is 0.0869. The molecule has 110 valence electrons. The molecule has 2 heterocycles. The Morgan fingerprint density at radius 1 is 1.33 bits per heavy atom. The Morgan fingerprint density at radius 3 is 2.81 bits per heavy atom. The molecular weight excluding hydrogens is 355 g/mol. The zero-order chi connectivity index (χ0) is 15.0. The fourth-order valence-corrected chi connectivity index (χ4v) is 4.06. The Bertz CT molecular complexity index is 688. The molecule has 1 aromatic carbocycles. The monoisotopic (exact) mass is 368 g/mol. The van der Waals surface area contributed by atoms with Crippen molar-refractivity contribution in [1.29, 1.82) is 0 Å². The smallest absolute Gasteiger partial charge is 0.240 e. The summed E-state index contributed by atoms with van der Waals surface area (Å²) in [4.78, 5) is 15.2. The Morgan fingerprint density at radius 2 is 2.10 bits per heavy atom. The molecule has 2 aromatic rings. The topological polar surface area (TPSA) is 46.3 Å². The predicted molar refractivity (Wildman–Crippen MR) is 84.4 cm³/mol. The highest BCUT2D eigenvalue weighted by atomic mass is 79.9. The maximum atomic E-state index is 13.2. The second kappa shape index (κ2) is 5.87. The second-order valence-electron chi connectivity index (χ2n) is 5.12. The van der Waals surface area contributed by atoms with Gasteiger partial charge < -0.3 is 10.6 Å². The number of rotatable bonds is 3. The van der Waals surface area contributed by atoms with Gasteiger partial charge in [-0.2, -0.15) is 0 Å². The molecule has 21 heavy (non-hydrogen) atoms. The first-order valence-corrected chi connectivity index (χ1v) is 8.20. The summed E-state index contributed by atoms with van der Waals surface area (Å²) in [7, 11) is 0. The third-order valence-corrected chi connectivity index (χ3v) is 5.22. The van der Waals surface area contributed by atoms with Crippen LogP contribution in [0.3, 0.4) is 0 Å². The number of nitrogens with two attached hydrogens (primary N) is 1. The van der Waals surface area contributed by atoms with Crippen LogP contribution in [-0.2, 0) is 24.3 Å². The standard InChI is InChI=1S/C15H14BrFN2OS/c16-14-4-3-12(21-14)6-13(18)15(20)19-7-9-1-2-11(17)5-10(9)8-19/h1-5,13H,6-8,18H2/t13-/m1/s1. The number of thiophene rings is 1. The number of halogens is 2. The van der Waals surface area contributed by atoms with E-state index in [4.69, 9.17) is 5.73 Å². The van der Waals surface area contributed by atoms with Gasteiger partial charge in [-0.3, -0.25) is 4.79 Å². The van der Waals surface area contributed by atoms with E-state index in [9.17, 15) is 9.18 Å². The third kappa shape index (κ3) is 3.17. The van der Waals surface area contributed by atoms with E-state index >= 15 is 0 Å². The quantitative estimate of drug-likeness (QED) is 0.904. The van der Waals surface area contributed by atoms with Gasteiger partial charge in [0.2, 0.25) is 5.91 Å². The zero-order valence-electron chi connectivity index (χ0n) is 11.2. The molecule has 3 nitrogen and oxygen atoms in total. The van der Waals surface area contributed by atoms with Crippen molar-refractivity contribution in [3.63, 3.8) is 0 Å². The van der Waals surface area contributed by atoms with Crippen LogP contribution in [0.4, 0.5) is 4.39 Å². The molecule has 6 heteroatoms. The number of hydrogen-bond acceptors (Lipinski definition) is 3. The lowest BCUT2D eigenvalue weighted by Gasteiger charge is -2.19. The van der Waals surface area contributed by atoms with E-state index in [1.807, 2.05) is 12.1 Å². The Balaban J connectivity index is 1.66. The van der Waals surface area contributed by atoms with E-state index in [-0.39, 0.29) is 11.7 Å². The molecule has 0 bridgehead atoms. The van der Waals surface area contributed by atoms with Crippen molar-refractivity contribution in [3.8, 4) is 0 Å². The van der Waals surface area contributed by atoms with Gasteiger partial charge in [0.05, 0.1) is 9.83 Å². The number of carbonyl (C=O) groups is 1. The van der Waals surface area contributed by atoms with Crippen LogP contribution in [-0.4, -0.2) is 16.8 Å². The number of hydrogen-bond donors (Lipinski definition) is 1. The molecule has 0 fully saturated rings. The summed E-state index contributed by atoms with van der Waals surface area (Å²) >= 11 is 4.98. The first-order valence-electron chi connectivity index (χ1n) is 6.59. The van der Waals surface area contributed by atoms with E-state index in [1.54, 1.807) is 22.3 Å². The lowest BCUT2D eigenvalue weighted by molar-refractivity contribution is -0.133. The number of fused-ring (bicyclic) bond motifs is 1. The third-order valence-electron chi connectivity index (χ3n) is 3.57. The lowest BCUT2D eigenvalue weighted by Crippen LogP contribution is -2.42. The lowest BCUT2D eigenvalue weighted by atomic mass is 10.1. The van der Waals surface area contributed by atoms with Crippen molar-refractivity contribution in [1.82, 2.24) is 4.90 Å². The van der Waals surface area contributed by atoms with E-state index in [0.717, 1.165) is 19.8 Å². The van der Waals surface area contributed by atoms with Crippen molar-refractivity contribution in [2.75, 3.05) is 0 Å². The van der Waals surface area contributed by atoms with Crippen molar-refractivity contribution in [3.05, 3.63) is 55.9 Å². The minimum atomic E-state index is -0.560. The van der Waals surface area contributed by atoms with Crippen molar-refractivity contribution in [2.24, 2.45) is 5.73 Å². The van der Waals surface area contributed by atoms with Crippen molar-refractivity contribution in [2.45, 2.75) is 25.6 Å². The molecule has 0 saturated heterocycles.